The molecule has 2 rings (SSSR count). The van der Waals surface area contributed by atoms with Gasteiger partial charge in [-0.25, -0.2) is 0 Å². The molecule has 4 heteroatoms. The average molecular weight is 387 g/mol. The van der Waals surface area contributed by atoms with Crippen LogP contribution in [0.3, 0.4) is 0 Å². The standard InChI is InChI=1S/C16H21NO2.HI/c1-5-17-11(2)16(3,4)13-10-12(6-8-14(13)17)7-9-15(18)19;/h6,8,10H,5,7,9H2,1-4H3;1H. The summed E-state index contributed by atoms with van der Waals surface area (Å²) in [7, 11) is 0. The number of aryl methyl sites for hydroxylation is 1. The van der Waals surface area contributed by atoms with Crippen LogP contribution in [0.15, 0.2) is 18.2 Å². The summed E-state index contributed by atoms with van der Waals surface area (Å²) in [6.07, 6.45) is 0.795. The number of rotatable bonds is 4. The highest BCUT2D eigenvalue weighted by Gasteiger charge is 2.42. The second kappa shape index (κ2) is 6.24. The van der Waals surface area contributed by atoms with Gasteiger partial charge in [-0.1, -0.05) is 6.07 Å². The number of carboxylic acids is 1. The number of hydrogen-bond acceptors (Lipinski definition) is 1. The number of nitrogens with zero attached hydrogens (tertiary/aromatic N) is 1. The van der Waals surface area contributed by atoms with E-state index in [4.69, 9.17) is 5.11 Å². The Hall–Kier alpha value is -0.910. The number of benzene rings is 1. The molecule has 1 aliphatic rings. The van der Waals surface area contributed by atoms with Crippen LogP contribution in [0.1, 0.15) is 45.2 Å². The zero-order valence-electron chi connectivity index (χ0n) is 12.5. The lowest BCUT2D eigenvalue weighted by Crippen LogP contribution is -3.00. The molecule has 0 amide bonds. The Kier molecular flexibility index (Phi) is 5.35. The molecule has 1 aliphatic heterocycles. The van der Waals surface area contributed by atoms with E-state index in [1.54, 1.807) is 0 Å². The summed E-state index contributed by atoms with van der Waals surface area (Å²) in [5, 5.41) is 8.78. The number of carboxylic acid groups (broad SMARTS) is 1. The van der Waals surface area contributed by atoms with Crippen molar-refractivity contribution >= 4 is 17.4 Å². The minimum absolute atomic E-state index is 0. The van der Waals surface area contributed by atoms with Gasteiger partial charge in [0.2, 0.25) is 5.69 Å². The maximum absolute atomic E-state index is 10.7. The zero-order valence-corrected chi connectivity index (χ0v) is 14.7. The van der Waals surface area contributed by atoms with E-state index < -0.39 is 5.97 Å². The van der Waals surface area contributed by atoms with Crippen LogP contribution in [0.4, 0.5) is 5.69 Å². The predicted octanol–water partition coefficient (Wildman–Crippen LogP) is 0.124. The van der Waals surface area contributed by atoms with Gasteiger partial charge in [0.25, 0.3) is 0 Å². The minimum atomic E-state index is -0.738. The number of halogens is 1. The lowest BCUT2D eigenvalue weighted by molar-refractivity contribution is -0.434. The van der Waals surface area contributed by atoms with Gasteiger partial charge in [-0.15, -0.1) is 0 Å². The molecule has 0 saturated carbocycles. The molecule has 0 aromatic heterocycles. The summed E-state index contributed by atoms with van der Waals surface area (Å²) in [6, 6.07) is 6.37. The van der Waals surface area contributed by atoms with Crippen LogP contribution in [0.2, 0.25) is 0 Å². The third kappa shape index (κ3) is 2.90. The maximum atomic E-state index is 10.7. The molecule has 0 unspecified atom stereocenters. The van der Waals surface area contributed by atoms with Crippen LogP contribution in [-0.4, -0.2) is 27.9 Å². The van der Waals surface area contributed by atoms with Crippen molar-refractivity contribution in [2.75, 3.05) is 6.54 Å². The zero-order chi connectivity index (χ0) is 14.2. The third-order valence-corrected chi connectivity index (χ3v) is 4.28. The van der Waals surface area contributed by atoms with Crippen molar-refractivity contribution in [3.63, 3.8) is 0 Å². The van der Waals surface area contributed by atoms with E-state index in [9.17, 15) is 4.79 Å². The Bertz CT molecular complexity index is 562. The molecule has 20 heavy (non-hydrogen) atoms. The second-order valence-electron chi connectivity index (χ2n) is 5.70. The van der Waals surface area contributed by atoms with Gasteiger partial charge in [0.1, 0.15) is 6.54 Å². The highest BCUT2D eigenvalue weighted by molar-refractivity contribution is 5.93. The number of carbonyl (C=O) groups is 1. The average Bonchev–Trinajstić information content (AvgIpc) is 2.55. The van der Waals surface area contributed by atoms with Gasteiger partial charge in [0.05, 0.1) is 5.41 Å². The first-order chi connectivity index (χ1) is 8.87. The molecule has 0 radical (unpaired) electrons. The molecule has 3 nitrogen and oxygen atoms in total. The number of fused-ring (bicyclic) bond motifs is 1. The Morgan fingerprint density at radius 1 is 1.35 bits per heavy atom. The summed E-state index contributed by atoms with van der Waals surface area (Å²) in [5.41, 5.74) is 5.09. The predicted molar refractivity (Wildman–Crippen MR) is 76.6 cm³/mol. The highest BCUT2D eigenvalue weighted by Crippen LogP contribution is 2.39. The van der Waals surface area contributed by atoms with Crippen molar-refractivity contribution < 1.29 is 38.5 Å². The molecule has 0 atom stereocenters. The van der Waals surface area contributed by atoms with E-state index in [1.807, 2.05) is 0 Å². The van der Waals surface area contributed by atoms with Crippen LogP contribution >= 0.6 is 0 Å². The van der Waals surface area contributed by atoms with Crippen LogP contribution in [0.25, 0.3) is 0 Å². The van der Waals surface area contributed by atoms with E-state index in [1.165, 1.54) is 17.0 Å². The molecule has 1 N–H and O–H groups in total. The fourth-order valence-electron chi connectivity index (χ4n) is 2.85. The van der Waals surface area contributed by atoms with Crippen LogP contribution in [0, 0.1) is 0 Å². The third-order valence-electron chi connectivity index (χ3n) is 4.28. The SMILES string of the molecule is CC[N+]1=C(C)C(C)(C)c2cc(CCC(=O)O)ccc21.[I-]. The van der Waals surface area contributed by atoms with Crippen LogP contribution in [-0.2, 0) is 16.6 Å². The maximum Gasteiger partial charge on any atom is 0.303 e. The van der Waals surface area contributed by atoms with E-state index >= 15 is 0 Å². The Labute approximate surface area is 137 Å². The summed E-state index contributed by atoms with van der Waals surface area (Å²) in [5.74, 6) is -0.738. The molecule has 0 bridgehead atoms. The summed E-state index contributed by atoms with van der Waals surface area (Å²) in [6.45, 7) is 9.78. The number of hydrogen-bond donors (Lipinski definition) is 1. The first-order valence-corrected chi connectivity index (χ1v) is 6.84. The van der Waals surface area contributed by atoms with Crippen LogP contribution < -0.4 is 24.0 Å². The van der Waals surface area contributed by atoms with Crippen molar-refractivity contribution in [1.82, 2.24) is 0 Å². The van der Waals surface area contributed by atoms with E-state index in [2.05, 4.69) is 50.5 Å². The van der Waals surface area contributed by atoms with Gasteiger partial charge in [-0.2, -0.15) is 4.58 Å². The Morgan fingerprint density at radius 2 is 2.00 bits per heavy atom. The van der Waals surface area contributed by atoms with Gasteiger partial charge >= 0.3 is 5.97 Å². The molecule has 1 aromatic rings. The van der Waals surface area contributed by atoms with Gasteiger partial charge in [-0.05, 0) is 38.8 Å². The summed E-state index contributed by atoms with van der Waals surface area (Å²) >= 11 is 0. The monoisotopic (exact) mass is 387 g/mol. The fraction of sp³-hybridized carbons (Fsp3) is 0.500. The summed E-state index contributed by atoms with van der Waals surface area (Å²) < 4.78 is 2.34. The quantitative estimate of drug-likeness (QED) is 0.589. The van der Waals surface area contributed by atoms with Crippen molar-refractivity contribution in [3.05, 3.63) is 29.3 Å². The normalized spacial score (nSPS) is 15.8. The molecule has 1 heterocycles. The first kappa shape index (κ1) is 17.1. The molecule has 110 valence electrons. The molecular weight excluding hydrogens is 365 g/mol. The molecular formula is C16H22INO2. The van der Waals surface area contributed by atoms with Crippen molar-refractivity contribution in [3.8, 4) is 0 Å². The van der Waals surface area contributed by atoms with Gasteiger partial charge < -0.3 is 29.1 Å². The van der Waals surface area contributed by atoms with Gasteiger partial charge in [0, 0.05) is 25.0 Å². The molecule has 0 saturated heterocycles. The van der Waals surface area contributed by atoms with Crippen LogP contribution in [0.5, 0.6) is 0 Å². The lowest BCUT2D eigenvalue weighted by atomic mass is 9.81. The van der Waals surface area contributed by atoms with Crippen molar-refractivity contribution in [2.24, 2.45) is 0 Å². The van der Waals surface area contributed by atoms with Crippen molar-refractivity contribution in [1.29, 1.82) is 0 Å². The van der Waals surface area contributed by atoms with E-state index in [-0.39, 0.29) is 35.8 Å². The Morgan fingerprint density at radius 3 is 2.55 bits per heavy atom. The molecule has 0 aliphatic carbocycles. The van der Waals surface area contributed by atoms with E-state index in [0.29, 0.717) is 6.42 Å². The molecule has 0 spiro atoms. The summed E-state index contributed by atoms with van der Waals surface area (Å²) in [4.78, 5) is 10.7. The topological polar surface area (TPSA) is 40.3 Å². The van der Waals surface area contributed by atoms with E-state index in [0.717, 1.165) is 12.1 Å². The van der Waals surface area contributed by atoms with Crippen molar-refractivity contribution in [2.45, 2.75) is 46.0 Å². The first-order valence-electron chi connectivity index (χ1n) is 6.84. The molecule has 1 aromatic carbocycles. The smallest absolute Gasteiger partial charge is 0.303 e. The number of aliphatic carboxylic acids is 1. The fourth-order valence-corrected chi connectivity index (χ4v) is 2.85. The highest BCUT2D eigenvalue weighted by atomic mass is 127. The van der Waals surface area contributed by atoms with Gasteiger partial charge in [0.15, 0.2) is 5.71 Å². The Balaban J connectivity index is 0.00000200. The minimum Gasteiger partial charge on any atom is -1.00 e. The second-order valence-corrected chi connectivity index (χ2v) is 5.70. The largest absolute Gasteiger partial charge is 1.00 e. The lowest BCUT2D eigenvalue weighted by Gasteiger charge is -2.15. The molecule has 0 fully saturated rings. The van der Waals surface area contributed by atoms with Gasteiger partial charge in [-0.3, -0.25) is 4.79 Å².